The van der Waals surface area contributed by atoms with Crippen molar-refractivity contribution >= 4 is 16.0 Å². The molecule has 1 rings (SSSR count). The summed E-state index contributed by atoms with van der Waals surface area (Å²) in [5, 5.41) is 9.15. The normalized spacial score (nSPS) is 13.9. The Labute approximate surface area is 117 Å². The third-order valence-corrected chi connectivity index (χ3v) is 4.30. The van der Waals surface area contributed by atoms with Gasteiger partial charge in [0.05, 0.1) is 12.2 Å². The molecule has 1 aromatic carbocycles. The molecule has 4 heteroatoms. The van der Waals surface area contributed by atoms with Gasteiger partial charge in [0.15, 0.2) is 0 Å². The monoisotopic (exact) mass is 284 g/mol. The van der Waals surface area contributed by atoms with Gasteiger partial charge in [-0.3, -0.25) is 0 Å². The summed E-state index contributed by atoms with van der Waals surface area (Å²) in [7, 11) is -0.499. The highest BCUT2D eigenvalue weighted by Crippen LogP contribution is 2.37. The molecule has 1 atom stereocenters. The Bertz CT molecular complexity index is 406. The fraction of sp³-hybridized carbons (Fsp3) is 0.533. The van der Waals surface area contributed by atoms with Gasteiger partial charge in [0.2, 0.25) is 0 Å². The lowest BCUT2D eigenvalue weighted by Crippen LogP contribution is -2.13. The van der Waals surface area contributed by atoms with Gasteiger partial charge in [0.1, 0.15) is 5.75 Å². The van der Waals surface area contributed by atoms with Crippen molar-refractivity contribution in [2.75, 3.05) is 31.1 Å². The Hall–Kier alpha value is -1.16. The Balaban J connectivity index is 2.33. The second kappa shape index (κ2) is 6.85. The number of phenols is 1. The van der Waals surface area contributed by atoms with Crippen LogP contribution in [0.15, 0.2) is 24.3 Å². The third kappa shape index (κ3) is 6.53. The Morgan fingerprint density at radius 3 is 2.37 bits per heavy atom. The van der Waals surface area contributed by atoms with E-state index in [1.165, 1.54) is 17.9 Å². The number of esters is 1. The first-order valence-corrected chi connectivity index (χ1v) is 9.43. The molecule has 0 saturated carbocycles. The van der Waals surface area contributed by atoms with E-state index in [1.54, 1.807) is 12.1 Å². The molecule has 0 aliphatic rings. The van der Waals surface area contributed by atoms with Crippen molar-refractivity contribution in [1.29, 1.82) is 0 Å². The van der Waals surface area contributed by atoms with Crippen molar-refractivity contribution in [2.45, 2.75) is 13.3 Å². The SMILES string of the molecule is CC(CCOC(=O)c1ccc(O)cc1)CS(C)(C)C. The van der Waals surface area contributed by atoms with Crippen LogP contribution in [0.2, 0.25) is 0 Å². The van der Waals surface area contributed by atoms with Gasteiger partial charge in [0.25, 0.3) is 0 Å². The molecular formula is C15H24O3S. The quantitative estimate of drug-likeness (QED) is 0.816. The van der Waals surface area contributed by atoms with Crippen LogP contribution in [0.25, 0.3) is 0 Å². The second-order valence-corrected chi connectivity index (χ2v) is 10.3. The van der Waals surface area contributed by atoms with Crippen molar-refractivity contribution in [2.24, 2.45) is 5.92 Å². The van der Waals surface area contributed by atoms with Crippen LogP contribution in [0.1, 0.15) is 23.7 Å². The van der Waals surface area contributed by atoms with Crippen LogP contribution in [-0.4, -0.2) is 42.2 Å². The minimum atomic E-state index is -0.499. The largest absolute Gasteiger partial charge is 0.508 e. The first-order chi connectivity index (χ1) is 8.78. The average molecular weight is 284 g/mol. The van der Waals surface area contributed by atoms with Gasteiger partial charge < -0.3 is 9.84 Å². The summed E-state index contributed by atoms with van der Waals surface area (Å²) in [6.07, 6.45) is 7.79. The molecule has 108 valence electrons. The molecule has 1 aromatic rings. The predicted molar refractivity (Wildman–Crippen MR) is 82.4 cm³/mol. The molecule has 0 bridgehead atoms. The maximum Gasteiger partial charge on any atom is 0.338 e. The highest BCUT2D eigenvalue weighted by Gasteiger charge is 2.12. The zero-order chi connectivity index (χ0) is 14.5. The highest BCUT2D eigenvalue weighted by atomic mass is 32.3. The first kappa shape index (κ1) is 15.9. The van der Waals surface area contributed by atoms with E-state index in [2.05, 4.69) is 25.7 Å². The number of hydrogen-bond acceptors (Lipinski definition) is 3. The van der Waals surface area contributed by atoms with E-state index < -0.39 is 10.0 Å². The second-order valence-electron chi connectivity index (χ2n) is 5.83. The van der Waals surface area contributed by atoms with Crippen LogP contribution in [-0.2, 0) is 4.74 Å². The Morgan fingerprint density at radius 1 is 1.26 bits per heavy atom. The van der Waals surface area contributed by atoms with E-state index in [1.807, 2.05) is 0 Å². The van der Waals surface area contributed by atoms with E-state index in [4.69, 9.17) is 9.84 Å². The smallest absolute Gasteiger partial charge is 0.338 e. The minimum absolute atomic E-state index is 0.151. The molecule has 0 saturated heterocycles. The van der Waals surface area contributed by atoms with Crippen molar-refractivity contribution < 1.29 is 14.6 Å². The van der Waals surface area contributed by atoms with Gasteiger partial charge in [-0.1, -0.05) is 6.92 Å². The molecule has 0 fully saturated rings. The fourth-order valence-electron chi connectivity index (χ4n) is 1.97. The first-order valence-electron chi connectivity index (χ1n) is 6.40. The Kier molecular flexibility index (Phi) is 5.73. The van der Waals surface area contributed by atoms with E-state index >= 15 is 0 Å². The average Bonchev–Trinajstić information content (AvgIpc) is 2.27. The summed E-state index contributed by atoms with van der Waals surface area (Å²) in [5.74, 6) is 1.60. The van der Waals surface area contributed by atoms with Crippen LogP contribution in [0.5, 0.6) is 5.75 Å². The number of phenolic OH excluding ortho intramolecular Hbond substituents is 1. The van der Waals surface area contributed by atoms with Gasteiger partial charge >= 0.3 is 5.97 Å². The number of benzene rings is 1. The van der Waals surface area contributed by atoms with Gasteiger partial charge in [-0.25, -0.2) is 14.8 Å². The van der Waals surface area contributed by atoms with Crippen LogP contribution < -0.4 is 0 Å². The summed E-state index contributed by atoms with van der Waals surface area (Å²) < 4.78 is 5.24. The lowest BCUT2D eigenvalue weighted by Gasteiger charge is -2.28. The number of ether oxygens (including phenoxy) is 1. The van der Waals surface area contributed by atoms with E-state index in [0.717, 1.165) is 6.42 Å². The summed E-state index contributed by atoms with van der Waals surface area (Å²) in [6.45, 7) is 2.66. The number of hydrogen-bond donors (Lipinski definition) is 1. The maximum atomic E-state index is 11.7. The molecule has 1 unspecified atom stereocenters. The molecule has 1 N–H and O–H groups in total. The van der Waals surface area contributed by atoms with E-state index in [9.17, 15) is 4.79 Å². The predicted octanol–water partition coefficient (Wildman–Crippen LogP) is 3.27. The molecule has 0 spiro atoms. The summed E-state index contributed by atoms with van der Waals surface area (Å²) >= 11 is 0. The highest BCUT2D eigenvalue weighted by molar-refractivity contribution is 8.32. The minimum Gasteiger partial charge on any atom is -0.508 e. The number of carbonyl (C=O) groups is 1. The number of aromatic hydroxyl groups is 1. The van der Waals surface area contributed by atoms with Crippen molar-refractivity contribution in [3.63, 3.8) is 0 Å². The molecule has 0 amide bonds. The van der Waals surface area contributed by atoms with Crippen LogP contribution >= 0.6 is 10.0 Å². The van der Waals surface area contributed by atoms with Crippen LogP contribution in [0.3, 0.4) is 0 Å². The summed E-state index contributed by atoms with van der Waals surface area (Å²) in [4.78, 5) is 11.7. The van der Waals surface area contributed by atoms with Gasteiger partial charge in [-0.05, 0) is 61.1 Å². The fourth-order valence-corrected chi connectivity index (χ4v) is 3.84. The third-order valence-electron chi connectivity index (χ3n) is 2.73. The van der Waals surface area contributed by atoms with Crippen molar-refractivity contribution in [1.82, 2.24) is 0 Å². The molecule has 0 aliphatic carbocycles. The zero-order valence-corrected chi connectivity index (χ0v) is 13.0. The zero-order valence-electron chi connectivity index (χ0n) is 12.2. The molecule has 19 heavy (non-hydrogen) atoms. The van der Waals surface area contributed by atoms with Crippen molar-refractivity contribution in [3.8, 4) is 5.75 Å². The molecule has 0 aromatic heterocycles. The van der Waals surface area contributed by atoms with E-state index in [-0.39, 0.29) is 11.7 Å². The topological polar surface area (TPSA) is 46.5 Å². The molecule has 0 aliphatic heterocycles. The van der Waals surface area contributed by atoms with Crippen molar-refractivity contribution in [3.05, 3.63) is 29.8 Å². The summed E-state index contributed by atoms with van der Waals surface area (Å²) in [5.41, 5.74) is 0.479. The number of carbonyl (C=O) groups excluding carboxylic acids is 1. The summed E-state index contributed by atoms with van der Waals surface area (Å²) in [6, 6.07) is 6.12. The van der Waals surface area contributed by atoms with Crippen LogP contribution in [0, 0.1) is 5.92 Å². The van der Waals surface area contributed by atoms with Gasteiger partial charge in [-0.15, -0.1) is 0 Å². The molecule has 0 radical (unpaired) electrons. The van der Waals surface area contributed by atoms with Gasteiger partial charge in [-0.2, -0.15) is 0 Å². The molecular weight excluding hydrogens is 260 g/mol. The van der Waals surface area contributed by atoms with Gasteiger partial charge in [0, 0.05) is 0 Å². The van der Waals surface area contributed by atoms with E-state index in [0.29, 0.717) is 18.1 Å². The maximum absolute atomic E-state index is 11.7. The number of rotatable bonds is 6. The van der Waals surface area contributed by atoms with Crippen LogP contribution in [0.4, 0.5) is 0 Å². The lowest BCUT2D eigenvalue weighted by atomic mass is 10.1. The standard InChI is InChI=1S/C15H24O3S/c1-12(11-19(2,3)4)9-10-18-15(17)13-5-7-14(16)8-6-13/h5-8,12,16H,9-11H2,1-4H3. The Morgan fingerprint density at radius 2 is 1.84 bits per heavy atom. The lowest BCUT2D eigenvalue weighted by molar-refractivity contribution is 0.0488. The molecule has 3 nitrogen and oxygen atoms in total. The molecule has 0 heterocycles.